The van der Waals surface area contributed by atoms with E-state index in [0.717, 1.165) is 17.8 Å². The number of nitro benzene ring substituents is 1. The molecule has 1 heterocycles. The first-order chi connectivity index (χ1) is 8.95. The van der Waals surface area contributed by atoms with E-state index in [2.05, 4.69) is 34.7 Å². The molecule has 0 saturated carbocycles. The van der Waals surface area contributed by atoms with Gasteiger partial charge in [-0.25, -0.2) is 0 Å². The summed E-state index contributed by atoms with van der Waals surface area (Å²) < 4.78 is 5.51. The molecule has 1 aromatic rings. The van der Waals surface area contributed by atoms with Gasteiger partial charge in [0.25, 0.3) is 5.69 Å². The fourth-order valence-corrected chi connectivity index (χ4v) is 2.81. The summed E-state index contributed by atoms with van der Waals surface area (Å²) in [5.74, 6) is 0. The number of nitro groups is 1. The summed E-state index contributed by atoms with van der Waals surface area (Å²) in [6.07, 6.45) is 0. The Morgan fingerprint density at radius 1 is 1.53 bits per heavy atom. The molecule has 0 atom stereocenters. The maximum absolute atomic E-state index is 10.8. The number of anilines is 1. The smallest absolute Gasteiger partial charge is 0.269 e. The van der Waals surface area contributed by atoms with Crippen LogP contribution in [0.25, 0.3) is 0 Å². The molecule has 104 valence electrons. The number of nitrogens with zero attached hydrogens (tertiary/aromatic N) is 2. The number of halogens is 1. The lowest BCUT2D eigenvalue weighted by Crippen LogP contribution is -2.53. The first-order valence-electron chi connectivity index (χ1n) is 6.14. The Balaban J connectivity index is 2.41. The van der Waals surface area contributed by atoms with Crippen molar-refractivity contribution in [1.82, 2.24) is 0 Å². The second kappa shape index (κ2) is 5.46. The lowest BCUT2D eigenvalue weighted by Gasteiger charge is -2.44. The van der Waals surface area contributed by atoms with Crippen molar-refractivity contribution >= 4 is 27.3 Å². The van der Waals surface area contributed by atoms with Crippen LogP contribution in [0.1, 0.15) is 19.4 Å². The third-order valence-electron chi connectivity index (χ3n) is 3.35. The topological polar surface area (TPSA) is 55.6 Å². The highest BCUT2D eigenvalue weighted by atomic mass is 79.9. The molecule has 0 spiro atoms. The Kier molecular flexibility index (Phi) is 4.10. The maximum Gasteiger partial charge on any atom is 0.269 e. The molecular weight excluding hydrogens is 312 g/mol. The first-order valence-corrected chi connectivity index (χ1v) is 7.26. The predicted octanol–water partition coefficient (Wildman–Crippen LogP) is 3.10. The molecule has 0 amide bonds. The van der Waals surface area contributed by atoms with Gasteiger partial charge in [-0.1, -0.05) is 15.9 Å². The Labute approximate surface area is 120 Å². The van der Waals surface area contributed by atoms with Gasteiger partial charge in [0.15, 0.2) is 0 Å². The van der Waals surface area contributed by atoms with Crippen molar-refractivity contribution in [3.8, 4) is 0 Å². The van der Waals surface area contributed by atoms with Crippen molar-refractivity contribution < 1.29 is 9.66 Å². The van der Waals surface area contributed by atoms with Gasteiger partial charge in [0, 0.05) is 29.7 Å². The maximum atomic E-state index is 10.8. The van der Waals surface area contributed by atoms with Gasteiger partial charge < -0.3 is 9.64 Å². The molecule has 5 nitrogen and oxygen atoms in total. The highest BCUT2D eigenvalue weighted by Gasteiger charge is 2.32. The van der Waals surface area contributed by atoms with Gasteiger partial charge in [0.1, 0.15) is 0 Å². The van der Waals surface area contributed by atoms with Crippen LogP contribution in [-0.4, -0.2) is 30.2 Å². The molecule has 0 aliphatic carbocycles. The summed E-state index contributed by atoms with van der Waals surface area (Å²) in [7, 11) is 0. The Hall–Kier alpha value is -1.14. The second-order valence-electron chi connectivity index (χ2n) is 5.22. The third kappa shape index (κ3) is 2.90. The van der Waals surface area contributed by atoms with Crippen molar-refractivity contribution in [3.63, 3.8) is 0 Å². The predicted molar refractivity (Wildman–Crippen MR) is 78.0 cm³/mol. The highest BCUT2D eigenvalue weighted by molar-refractivity contribution is 9.08. The Morgan fingerprint density at radius 2 is 2.26 bits per heavy atom. The van der Waals surface area contributed by atoms with Crippen molar-refractivity contribution in [1.29, 1.82) is 0 Å². The summed E-state index contributed by atoms with van der Waals surface area (Å²) in [6.45, 7) is 6.37. The van der Waals surface area contributed by atoms with Crippen molar-refractivity contribution in [2.45, 2.75) is 24.7 Å². The minimum atomic E-state index is -0.361. The van der Waals surface area contributed by atoms with Gasteiger partial charge >= 0.3 is 0 Å². The molecule has 0 radical (unpaired) electrons. The third-order valence-corrected chi connectivity index (χ3v) is 3.96. The zero-order valence-corrected chi connectivity index (χ0v) is 12.6. The van der Waals surface area contributed by atoms with Gasteiger partial charge in [0.05, 0.1) is 23.7 Å². The summed E-state index contributed by atoms with van der Waals surface area (Å²) in [5.41, 5.74) is 2.00. The van der Waals surface area contributed by atoms with Crippen molar-refractivity contribution in [2.24, 2.45) is 0 Å². The van der Waals surface area contributed by atoms with E-state index < -0.39 is 0 Å². The molecule has 0 N–H and O–H groups in total. The Morgan fingerprint density at radius 3 is 2.84 bits per heavy atom. The van der Waals surface area contributed by atoms with E-state index in [1.165, 1.54) is 0 Å². The van der Waals surface area contributed by atoms with Gasteiger partial charge in [-0.2, -0.15) is 0 Å². The summed E-state index contributed by atoms with van der Waals surface area (Å²) in [6, 6.07) is 5.03. The van der Waals surface area contributed by atoms with Gasteiger partial charge in [-0.15, -0.1) is 0 Å². The summed E-state index contributed by atoms with van der Waals surface area (Å²) >= 11 is 3.42. The number of ether oxygens (including phenoxy) is 1. The van der Waals surface area contributed by atoms with Crippen LogP contribution in [0.4, 0.5) is 11.4 Å². The molecule has 1 fully saturated rings. The van der Waals surface area contributed by atoms with E-state index in [0.29, 0.717) is 18.5 Å². The number of rotatable bonds is 3. The molecule has 1 aliphatic heterocycles. The molecule has 0 bridgehead atoms. The lowest BCUT2D eigenvalue weighted by atomic mass is 9.99. The van der Waals surface area contributed by atoms with Gasteiger partial charge in [0.2, 0.25) is 0 Å². The number of alkyl halides is 1. The van der Waals surface area contributed by atoms with Gasteiger partial charge in [-0.05, 0) is 25.5 Å². The quantitative estimate of drug-likeness (QED) is 0.486. The average Bonchev–Trinajstić information content (AvgIpc) is 2.37. The molecule has 19 heavy (non-hydrogen) atoms. The van der Waals surface area contributed by atoms with Crippen LogP contribution in [-0.2, 0) is 10.1 Å². The number of hydrogen-bond acceptors (Lipinski definition) is 4. The monoisotopic (exact) mass is 328 g/mol. The van der Waals surface area contributed by atoms with E-state index in [9.17, 15) is 10.1 Å². The van der Waals surface area contributed by atoms with Crippen LogP contribution >= 0.6 is 15.9 Å². The average molecular weight is 329 g/mol. The van der Waals surface area contributed by atoms with Crippen LogP contribution in [0.15, 0.2) is 18.2 Å². The normalized spacial score (nSPS) is 18.4. The number of hydrogen-bond donors (Lipinski definition) is 0. The molecule has 0 aromatic heterocycles. The highest BCUT2D eigenvalue weighted by Crippen LogP contribution is 2.33. The lowest BCUT2D eigenvalue weighted by molar-refractivity contribution is -0.384. The van der Waals surface area contributed by atoms with E-state index in [1.807, 2.05) is 6.07 Å². The van der Waals surface area contributed by atoms with E-state index in [4.69, 9.17) is 4.74 Å². The fourth-order valence-electron chi connectivity index (χ4n) is 2.36. The van der Waals surface area contributed by atoms with Crippen LogP contribution < -0.4 is 4.90 Å². The molecule has 1 aromatic carbocycles. The second-order valence-corrected chi connectivity index (χ2v) is 5.78. The molecule has 2 rings (SSSR count). The van der Waals surface area contributed by atoms with Crippen LogP contribution in [0.3, 0.4) is 0 Å². The van der Waals surface area contributed by atoms with Crippen molar-refractivity contribution in [3.05, 3.63) is 33.9 Å². The molecule has 1 aliphatic rings. The van der Waals surface area contributed by atoms with Crippen molar-refractivity contribution in [2.75, 3.05) is 24.7 Å². The molecule has 0 unspecified atom stereocenters. The molecular formula is C13H17BrN2O3. The Bertz CT molecular complexity index is 491. The van der Waals surface area contributed by atoms with Gasteiger partial charge in [-0.3, -0.25) is 10.1 Å². The number of benzene rings is 1. The van der Waals surface area contributed by atoms with E-state index in [1.54, 1.807) is 12.1 Å². The number of morpholine rings is 1. The fraction of sp³-hybridized carbons (Fsp3) is 0.538. The SMILES string of the molecule is CC1(C)COCCN1c1ccc([N+](=O)[O-])cc1CBr. The molecule has 1 saturated heterocycles. The summed E-state index contributed by atoms with van der Waals surface area (Å²) in [4.78, 5) is 12.7. The summed E-state index contributed by atoms with van der Waals surface area (Å²) in [5, 5.41) is 11.4. The number of non-ortho nitro benzene ring substituents is 1. The minimum absolute atomic E-state index is 0.106. The van der Waals surface area contributed by atoms with Crippen LogP contribution in [0.2, 0.25) is 0 Å². The largest absolute Gasteiger partial charge is 0.377 e. The minimum Gasteiger partial charge on any atom is -0.377 e. The zero-order valence-electron chi connectivity index (χ0n) is 11.1. The zero-order chi connectivity index (χ0) is 14.0. The first kappa shape index (κ1) is 14.3. The van der Waals surface area contributed by atoms with E-state index >= 15 is 0 Å². The van der Waals surface area contributed by atoms with E-state index in [-0.39, 0.29) is 16.1 Å². The van der Waals surface area contributed by atoms with Crippen LogP contribution in [0.5, 0.6) is 0 Å². The molecule has 6 heteroatoms. The van der Waals surface area contributed by atoms with Crippen LogP contribution in [0, 0.1) is 10.1 Å². The standard InChI is InChI=1S/C13H17BrN2O3/c1-13(2)9-19-6-5-15(13)12-4-3-11(16(17)18)7-10(12)8-14/h3-4,7H,5-6,8-9H2,1-2H3.